The van der Waals surface area contributed by atoms with E-state index in [2.05, 4.69) is 10.4 Å². The summed E-state index contributed by atoms with van der Waals surface area (Å²) in [5, 5.41) is 7.04. The molecule has 1 N–H and O–H groups in total. The molecule has 3 aromatic rings. The van der Waals surface area contributed by atoms with Crippen LogP contribution in [0, 0.1) is 11.6 Å². The highest BCUT2D eigenvalue weighted by Gasteiger charge is 2.25. The molecule has 0 fully saturated rings. The van der Waals surface area contributed by atoms with E-state index < -0.39 is 11.9 Å². The van der Waals surface area contributed by atoms with Crippen LogP contribution < -0.4 is 5.32 Å². The van der Waals surface area contributed by atoms with E-state index in [4.69, 9.17) is 0 Å². The van der Waals surface area contributed by atoms with Gasteiger partial charge in [0, 0.05) is 23.9 Å². The van der Waals surface area contributed by atoms with E-state index in [1.807, 2.05) is 0 Å². The van der Waals surface area contributed by atoms with Crippen molar-refractivity contribution in [1.29, 1.82) is 0 Å². The number of nitrogens with zero attached hydrogens (tertiary/aromatic N) is 3. The first-order valence-electron chi connectivity index (χ1n) is 8.44. The smallest absolute Gasteiger partial charge is 0.242 e. The third-order valence-electron chi connectivity index (χ3n) is 4.16. The lowest BCUT2D eigenvalue weighted by molar-refractivity contribution is -0.126. The zero-order valence-corrected chi connectivity index (χ0v) is 15.1. The second kappa shape index (κ2) is 8.09. The molecular weight excluding hydrogens is 350 g/mol. The predicted molar refractivity (Wildman–Crippen MR) is 98.2 cm³/mol. The van der Waals surface area contributed by atoms with Crippen molar-refractivity contribution in [3.8, 4) is 5.69 Å². The summed E-state index contributed by atoms with van der Waals surface area (Å²) in [6.07, 6.45) is 3.37. The molecule has 0 aliphatic rings. The molecule has 0 spiro atoms. The number of halogens is 2. The second-order valence-corrected chi connectivity index (χ2v) is 6.38. The number of benzene rings is 2. The number of hydrogen-bond acceptors (Lipinski definition) is 3. The summed E-state index contributed by atoms with van der Waals surface area (Å²) in [6.45, 7) is 0.249. The van der Waals surface area contributed by atoms with Crippen molar-refractivity contribution >= 4 is 5.91 Å². The van der Waals surface area contributed by atoms with Gasteiger partial charge in [0.15, 0.2) is 0 Å². The molecule has 27 heavy (non-hydrogen) atoms. The number of rotatable bonds is 6. The van der Waals surface area contributed by atoms with Crippen molar-refractivity contribution in [2.75, 3.05) is 14.1 Å². The second-order valence-electron chi connectivity index (χ2n) is 6.38. The quantitative estimate of drug-likeness (QED) is 0.726. The lowest BCUT2D eigenvalue weighted by Gasteiger charge is -2.24. The first kappa shape index (κ1) is 18.7. The highest BCUT2D eigenvalue weighted by molar-refractivity contribution is 5.83. The number of nitrogens with one attached hydrogen (secondary N) is 1. The Labute approximate surface area is 156 Å². The molecule has 0 aliphatic heterocycles. The van der Waals surface area contributed by atoms with Gasteiger partial charge in [0.05, 0.1) is 11.9 Å². The first-order chi connectivity index (χ1) is 13.0. The zero-order valence-electron chi connectivity index (χ0n) is 15.1. The maximum absolute atomic E-state index is 14.1. The molecule has 7 heteroatoms. The molecule has 0 radical (unpaired) electrons. The molecule has 140 valence electrons. The molecule has 2 aromatic carbocycles. The highest BCUT2D eigenvalue weighted by Crippen LogP contribution is 2.21. The fourth-order valence-corrected chi connectivity index (χ4v) is 2.82. The van der Waals surface area contributed by atoms with E-state index in [1.54, 1.807) is 66.4 Å². The fourth-order valence-electron chi connectivity index (χ4n) is 2.82. The van der Waals surface area contributed by atoms with Crippen LogP contribution in [-0.4, -0.2) is 34.7 Å². The SMILES string of the molecule is CN(C)[C@H](C(=O)NCc1cnn(-c2ccc(F)cc2)c1)c1ccccc1F. The summed E-state index contributed by atoms with van der Waals surface area (Å²) in [5.74, 6) is -1.05. The van der Waals surface area contributed by atoms with Crippen LogP contribution in [0.2, 0.25) is 0 Å². The molecule has 0 bridgehead atoms. The Balaban J connectivity index is 1.69. The first-order valence-corrected chi connectivity index (χ1v) is 8.44. The molecule has 0 unspecified atom stereocenters. The Morgan fingerprint density at radius 1 is 1.15 bits per heavy atom. The number of aromatic nitrogens is 2. The molecular formula is C20H20F2N4O. The third-order valence-corrected chi connectivity index (χ3v) is 4.16. The van der Waals surface area contributed by atoms with E-state index in [1.165, 1.54) is 18.2 Å². The molecule has 1 atom stereocenters. The van der Waals surface area contributed by atoms with Crippen molar-refractivity contribution < 1.29 is 13.6 Å². The summed E-state index contributed by atoms with van der Waals surface area (Å²) in [5.41, 5.74) is 1.81. The van der Waals surface area contributed by atoms with Crippen molar-refractivity contribution in [2.24, 2.45) is 0 Å². The van der Waals surface area contributed by atoms with Gasteiger partial charge in [-0.05, 0) is 44.4 Å². The largest absolute Gasteiger partial charge is 0.350 e. The fraction of sp³-hybridized carbons (Fsp3) is 0.200. The summed E-state index contributed by atoms with van der Waals surface area (Å²) in [4.78, 5) is 14.3. The number of likely N-dealkylation sites (N-methyl/N-ethyl adjacent to an activating group) is 1. The lowest BCUT2D eigenvalue weighted by atomic mass is 10.0. The van der Waals surface area contributed by atoms with Crippen molar-refractivity contribution in [3.63, 3.8) is 0 Å². The standard InChI is InChI=1S/C20H20F2N4O/c1-25(2)19(17-5-3-4-6-18(17)22)20(27)23-11-14-12-24-26(13-14)16-9-7-15(21)8-10-16/h3-10,12-13,19H,11H2,1-2H3,(H,23,27)/t19-/m0/s1. The molecule has 3 rings (SSSR count). The molecule has 1 aromatic heterocycles. The van der Waals surface area contributed by atoms with Crippen LogP contribution in [0.5, 0.6) is 0 Å². The summed E-state index contributed by atoms with van der Waals surface area (Å²) < 4.78 is 28.7. The van der Waals surface area contributed by atoms with Gasteiger partial charge in [-0.3, -0.25) is 9.69 Å². The van der Waals surface area contributed by atoms with Crippen LogP contribution in [0.3, 0.4) is 0 Å². The molecule has 0 aliphatic carbocycles. The van der Waals surface area contributed by atoms with Crippen LogP contribution in [0.4, 0.5) is 8.78 Å². The predicted octanol–water partition coefficient (Wildman–Crippen LogP) is 3.07. The lowest BCUT2D eigenvalue weighted by Crippen LogP contribution is -2.37. The maximum Gasteiger partial charge on any atom is 0.242 e. The third kappa shape index (κ3) is 4.38. The van der Waals surface area contributed by atoms with Gasteiger partial charge in [-0.1, -0.05) is 18.2 Å². The van der Waals surface area contributed by atoms with Gasteiger partial charge in [-0.2, -0.15) is 5.10 Å². The molecule has 0 saturated carbocycles. The highest BCUT2D eigenvalue weighted by atomic mass is 19.1. The van der Waals surface area contributed by atoms with Gasteiger partial charge in [-0.25, -0.2) is 13.5 Å². The number of carbonyl (C=O) groups is 1. The minimum atomic E-state index is -0.738. The Morgan fingerprint density at radius 3 is 2.52 bits per heavy atom. The Bertz CT molecular complexity index is 922. The Kier molecular flexibility index (Phi) is 5.61. The average molecular weight is 370 g/mol. The molecule has 1 heterocycles. The number of hydrogen-bond donors (Lipinski definition) is 1. The van der Waals surface area contributed by atoms with E-state index in [-0.39, 0.29) is 18.3 Å². The molecule has 5 nitrogen and oxygen atoms in total. The van der Waals surface area contributed by atoms with Crippen LogP contribution >= 0.6 is 0 Å². The van der Waals surface area contributed by atoms with Gasteiger partial charge in [0.1, 0.15) is 17.7 Å². The minimum Gasteiger partial charge on any atom is -0.350 e. The minimum absolute atomic E-state index is 0.249. The van der Waals surface area contributed by atoms with Crippen molar-refractivity contribution in [1.82, 2.24) is 20.0 Å². The number of carbonyl (C=O) groups excluding carboxylic acids is 1. The van der Waals surface area contributed by atoms with Gasteiger partial charge in [0.2, 0.25) is 5.91 Å². The van der Waals surface area contributed by atoms with Crippen LogP contribution in [0.1, 0.15) is 17.2 Å². The Morgan fingerprint density at radius 2 is 1.85 bits per heavy atom. The van der Waals surface area contributed by atoms with E-state index in [9.17, 15) is 13.6 Å². The van der Waals surface area contributed by atoms with Crippen LogP contribution in [0.15, 0.2) is 60.9 Å². The topological polar surface area (TPSA) is 50.2 Å². The number of amides is 1. The van der Waals surface area contributed by atoms with Gasteiger partial charge in [0.25, 0.3) is 0 Å². The monoisotopic (exact) mass is 370 g/mol. The van der Waals surface area contributed by atoms with Crippen LogP contribution in [-0.2, 0) is 11.3 Å². The zero-order chi connectivity index (χ0) is 19.4. The van der Waals surface area contributed by atoms with Crippen LogP contribution in [0.25, 0.3) is 5.69 Å². The summed E-state index contributed by atoms with van der Waals surface area (Å²) in [7, 11) is 3.45. The van der Waals surface area contributed by atoms with Crippen molar-refractivity contribution in [2.45, 2.75) is 12.6 Å². The summed E-state index contributed by atoms with van der Waals surface area (Å²) in [6, 6.07) is 11.4. The van der Waals surface area contributed by atoms with E-state index in [0.29, 0.717) is 11.3 Å². The van der Waals surface area contributed by atoms with Crippen molar-refractivity contribution in [3.05, 3.63) is 83.7 Å². The summed E-state index contributed by atoms with van der Waals surface area (Å²) >= 11 is 0. The van der Waals surface area contributed by atoms with Gasteiger partial charge in [-0.15, -0.1) is 0 Å². The average Bonchev–Trinajstić information content (AvgIpc) is 3.11. The van der Waals surface area contributed by atoms with Gasteiger partial charge < -0.3 is 5.32 Å². The normalized spacial score (nSPS) is 12.2. The maximum atomic E-state index is 14.1. The van der Waals surface area contributed by atoms with E-state index >= 15 is 0 Å². The molecule has 1 amide bonds. The molecule has 0 saturated heterocycles. The Hall–Kier alpha value is -3.06. The van der Waals surface area contributed by atoms with Gasteiger partial charge >= 0.3 is 0 Å². The van der Waals surface area contributed by atoms with E-state index in [0.717, 1.165) is 5.56 Å².